The second-order valence-corrected chi connectivity index (χ2v) is 5.52. The fourth-order valence-corrected chi connectivity index (χ4v) is 3.35. The molecule has 0 radical (unpaired) electrons. The smallest absolute Gasteiger partial charge is 0.291 e. The maximum atomic E-state index is 12.4. The standard InChI is InChI=1S/C13H19N3O2.ClH/c1-7-12(18-8(2)15-7)13(17)16-5-9-3-4-11(14)10(9)6-16;/h9-11H,3-6,14H2,1-2H3;1H. The van der Waals surface area contributed by atoms with Crippen LogP contribution in [0.4, 0.5) is 0 Å². The molecule has 19 heavy (non-hydrogen) atoms. The normalized spacial score (nSPS) is 29.2. The Morgan fingerprint density at radius 2 is 2.11 bits per heavy atom. The van der Waals surface area contributed by atoms with Gasteiger partial charge in [0.2, 0.25) is 5.76 Å². The zero-order valence-corrected chi connectivity index (χ0v) is 12.1. The van der Waals surface area contributed by atoms with Crippen LogP contribution in [0.1, 0.15) is 35.0 Å². The van der Waals surface area contributed by atoms with Crippen molar-refractivity contribution in [2.45, 2.75) is 32.7 Å². The number of rotatable bonds is 1. The van der Waals surface area contributed by atoms with Crippen LogP contribution in [0.2, 0.25) is 0 Å². The summed E-state index contributed by atoms with van der Waals surface area (Å²) in [4.78, 5) is 18.4. The Labute approximate surface area is 118 Å². The van der Waals surface area contributed by atoms with Crippen molar-refractivity contribution in [1.29, 1.82) is 0 Å². The average Bonchev–Trinajstić information content (AvgIpc) is 2.96. The lowest BCUT2D eigenvalue weighted by Gasteiger charge is -2.17. The van der Waals surface area contributed by atoms with Crippen molar-refractivity contribution in [3.63, 3.8) is 0 Å². The number of carbonyl (C=O) groups excluding carboxylic acids is 1. The lowest BCUT2D eigenvalue weighted by Crippen LogP contribution is -2.33. The first-order valence-corrected chi connectivity index (χ1v) is 6.55. The highest BCUT2D eigenvalue weighted by atomic mass is 35.5. The molecule has 6 heteroatoms. The number of amides is 1. The first-order chi connectivity index (χ1) is 8.56. The largest absolute Gasteiger partial charge is 0.436 e. The summed E-state index contributed by atoms with van der Waals surface area (Å²) in [6.07, 6.45) is 2.24. The van der Waals surface area contributed by atoms with Gasteiger partial charge in [-0.3, -0.25) is 4.79 Å². The van der Waals surface area contributed by atoms with E-state index in [0.717, 1.165) is 25.9 Å². The summed E-state index contributed by atoms with van der Waals surface area (Å²) >= 11 is 0. The number of fused-ring (bicyclic) bond motifs is 1. The van der Waals surface area contributed by atoms with Crippen LogP contribution in [0.25, 0.3) is 0 Å². The summed E-state index contributed by atoms with van der Waals surface area (Å²) in [6, 6.07) is 0.255. The van der Waals surface area contributed by atoms with Gasteiger partial charge in [-0.25, -0.2) is 4.98 Å². The van der Waals surface area contributed by atoms with Gasteiger partial charge in [-0.05, 0) is 31.6 Å². The molecule has 1 aromatic rings. The third kappa shape index (κ3) is 2.37. The SMILES string of the molecule is Cc1nc(C)c(C(=O)N2CC3CCC(N)C3C2)o1.Cl. The Balaban J connectivity index is 0.00000133. The van der Waals surface area contributed by atoms with E-state index in [1.807, 2.05) is 11.8 Å². The van der Waals surface area contributed by atoms with Crippen molar-refractivity contribution in [3.8, 4) is 0 Å². The molecule has 2 heterocycles. The van der Waals surface area contributed by atoms with E-state index in [1.54, 1.807) is 6.92 Å². The van der Waals surface area contributed by atoms with Gasteiger partial charge in [0.05, 0.1) is 5.69 Å². The summed E-state index contributed by atoms with van der Waals surface area (Å²) in [5.74, 6) is 1.95. The number of hydrogen-bond donors (Lipinski definition) is 1. The van der Waals surface area contributed by atoms with E-state index in [9.17, 15) is 4.79 Å². The van der Waals surface area contributed by atoms with Crippen LogP contribution in [0.15, 0.2) is 4.42 Å². The highest BCUT2D eigenvalue weighted by molar-refractivity contribution is 5.92. The van der Waals surface area contributed by atoms with E-state index in [4.69, 9.17) is 10.2 Å². The van der Waals surface area contributed by atoms with Gasteiger partial charge < -0.3 is 15.1 Å². The van der Waals surface area contributed by atoms with E-state index in [2.05, 4.69) is 4.98 Å². The molecular weight excluding hydrogens is 266 g/mol. The molecule has 3 atom stereocenters. The maximum absolute atomic E-state index is 12.4. The zero-order chi connectivity index (χ0) is 12.9. The molecule has 0 spiro atoms. The van der Waals surface area contributed by atoms with Gasteiger partial charge in [0.25, 0.3) is 5.91 Å². The predicted octanol–water partition coefficient (Wildman–Crippen LogP) is 1.52. The van der Waals surface area contributed by atoms with Crippen molar-refractivity contribution in [3.05, 3.63) is 17.3 Å². The van der Waals surface area contributed by atoms with Gasteiger partial charge in [0.1, 0.15) is 0 Å². The van der Waals surface area contributed by atoms with E-state index in [1.165, 1.54) is 0 Å². The second-order valence-electron chi connectivity index (χ2n) is 5.52. The molecule has 1 aromatic heterocycles. The lowest BCUT2D eigenvalue weighted by molar-refractivity contribution is 0.0745. The maximum Gasteiger partial charge on any atom is 0.291 e. The summed E-state index contributed by atoms with van der Waals surface area (Å²) in [6.45, 7) is 5.16. The molecule has 1 saturated heterocycles. The van der Waals surface area contributed by atoms with Crippen LogP contribution in [-0.2, 0) is 0 Å². The highest BCUT2D eigenvalue weighted by Crippen LogP contribution is 2.37. The molecule has 3 rings (SSSR count). The van der Waals surface area contributed by atoms with Crippen LogP contribution in [0, 0.1) is 25.7 Å². The first-order valence-electron chi connectivity index (χ1n) is 6.55. The number of aromatic nitrogens is 1. The molecule has 2 aliphatic rings. The van der Waals surface area contributed by atoms with Gasteiger partial charge in [-0.15, -0.1) is 12.4 Å². The van der Waals surface area contributed by atoms with E-state index in [-0.39, 0.29) is 24.4 Å². The number of nitrogens with zero attached hydrogens (tertiary/aromatic N) is 2. The Bertz CT molecular complexity index is 488. The average molecular weight is 286 g/mol. The third-order valence-corrected chi connectivity index (χ3v) is 4.30. The van der Waals surface area contributed by atoms with E-state index < -0.39 is 0 Å². The Hall–Kier alpha value is -1.07. The van der Waals surface area contributed by atoms with Crippen LogP contribution in [0.3, 0.4) is 0 Å². The zero-order valence-electron chi connectivity index (χ0n) is 11.3. The Morgan fingerprint density at radius 1 is 1.37 bits per heavy atom. The molecule has 1 aliphatic carbocycles. The topological polar surface area (TPSA) is 72.4 Å². The number of halogens is 1. The molecule has 2 N–H and O–H groups in total. The molecule has 1 amide bonds. The van der Waals surface area contributed by atoms with Gasteiger partial charge in [-0.2, -0.15) is 0 Å². The summed E-state index contributed by atoms with van der Waals surface area (Å²) in [5, 5.41) is 0. The van der Waals surface area contributed by atoms with E-state index >= 15 is 0 Å². The van der Waals surface area contributed by atoms with Crippen molar-refractivity contribution < 1.29 is 9.21 Å². The minimum Gasteiger partial charge on any atom is -0.436 e. The molecule has 2 fully saturated rings. The lowest BCUT2D eigenvalue weighted by atomic mass is 9.98. The Morgan fingerprint density at radius 3 is 2.68 bits per heavy atom. The molecular formula is C13H20ClN3O2. The minimum atomic E-state index is -0.0327. The van der Waals surface area contributed by atoms with Gasteiger partial charge >= 0.3 is 0 Å². The molecule has 1 saturated carbocycles. The van der Waals surface area contributed by atoms with Crippen molar-refractivity contribution in [2.24, 2.45) is 17.6 Å². The van der Waals surface area contributed by atoms with Crippen LogP contribution in [0.5, 0.6) is 0 Å². The Kier molecular flexibility index (Phi) is 3.87. The molecule has 3 unspecified atom stereocenters. The molecule has 0 bridgehead atoms. The quantitative estimate of drug-likeness (QED) is 0.849. The van der Waals surface area contributed by atoms with Gasteiger partial charge in [0.15, 0.2) is 5.89 Å². The van der Waals surface area contributed by atoms with Crippen molar-refractivity contribution >= 4 is 18.3 Å². The molecule has 5 nitrogen and oxygen atoms in total. The first kappa shape index (κ1) is 14.3. The van der Waals surface area contributed by atoms with Crippen molar-refractivity contribution in [1.82, 2.24) is 9.88 Å². The van der Waals surface area contributed by atoms with E-state index in [0.29, 0.717) is 29.2 Å². The minimum absolute atomic E-state index is 0. The molecule has 1 aliphatic heterocycles. The fraction of sp³-hybridized carbons (Fsp3) is 0.692. The van der Waals surface area contributed by atoms with Crippen LogP contribution in [-0.4, -0.2) is 34.9 Å². The molecule has 0 aromatic carbocycles. The number of aryl methyl sites for hydroxylation is 2. The number of nitrogens with two attached hydrogens (primary N) is 1. The summed E-state index contributed by atoms with van der Waals surface area (Å²) in [5.41, 5.74) is 6.76. The van der Waals surface area contributed by atoms with Crippen molar-refractivity contribution in [2.75, 3.05) is 13.1 Å². The number of hydrogen-bond acceptors (Lipinski definition) is 4. The predicted molar refractivity (Wildman–Crippen MR) is 73.3 cm³/mol. The molecule has 106 valence electrons. The van der Waals surface area contributed by atoms with Crippen LogP contribution >= 0.6 is 12.4 Å². The second kappa shape index (κ2) is 5.13. The number of likely N-dealkylation sites (tertiary alicyclic amines) is 1. The fourth-order valence-electron chi connectivity index (χ4n) is 3.35. The number of oxazole rings is 1. The highest BCUT2D eigenvalue weighted by Gasteiger charge is 2.43. The van der Waals surface area contributed by atoms with Crippen LogP contribution < -0.4 is 5.73 Å². The summed E-state index contributed by atoms with van der Waals surface area (Å²) < 4.78 is 5.40. The van der Waals surface area contributed by atoms with Gasteiger partial charge in [0, 0.05) is 26.1 Å². The van der Waals surface area contributed by atoms with Gasteiger partial charge in [-0.1, -0.05) is 0 Å². The summed E-state index contributed by atoms with van der Waals surface area (Å²) in [7, 11) is 0. The number of carbonyl (C=O) groups is 1. The third-order valence-electron chi connectivity index (χ3n) is 4.30. The monoisotopic (exact) mass is 285 g/mol.